The number of hydrogen-bond donors (Lipinski definition) is 0. The third kappa shape index (κ3) is 2.21. The van der Waals surface area contributed by atoms with Crippen LogP contribution in [0.4, 0.5) is 4.39 Å². The van der Waals surface area contributed by atoms with Crippen LogP contribution in [-0.4, -0.2) is 27.1 Å². The molecule has 1 aliphatic heterocycles. The highest BCUT2D eigenvalue weighted by molar-refractivity contribution is 5.86. The number of benzene rings is 1. The van der Waals surface area contributed by atoms with E-state index >= 15 is 0 Å². The van der Waals surface area contributed by atoms with Gasteiger partial charge in [-0.3, -0.25) is 9.48 Å². The summed E-state index contributed by atoms with van der Waals surface area (Å²) >= 11 is 0. The lowest BCUT2D eigenvalue weighted by molar-refractivity contribution is -0.146. The fourth-order valence-corrected chi connectivity index (χ4v) is 3.26. The van der Waals surface area contributed by atoms with E-state index < -0.39 is 0 Å². The molecule has 1 aromatic carbocycles. The maximum absolute atomic E-state index is 13.0. The molecular formula is C17H18FN3O. The zero-order valence-corrected chi connectivity index (χ0v) is 12.3. The van der Waals surface area contributed by atoms with Crippen molar-refractivity contribution in [3.63, 3.8) is 0 Å². The fraction of sp³-hybridized carbons (Fsp3) is 0.412. The van der Waals surface area contributed by atoms with Crippen LogP contribution in [-0.2, 0) is 11.3 Å². The Labute approximate surface area is 128 Å². The lowest BCUT2D eigenvalue weighted by atomic mass is 9.91. The minimum absolute atomic E-state index is 0.100. The average molecular weight is 299 g/mol. The summed E-state index contributed by atoms with van der Waals surface area (Å²) < 4.78 is 14.9. The first-order valence-electron chi connectivity index (χ1n) is 7.72. The Morgan fingerprint density at radius 1 is 1.32 bits per heavy atom. The average Bonchev–Trinajstić information content (AvgIpc) is 3.07. The van der Waals surface area contributed by atoms with E-state index in [4.69, 9.17) is 0 Å². The summed E-state index contributed by atoms with van der Waals surface area (Å²) in [6.45, 7) is 1.45. The van der Waals surface area contributed by atoms with Crippen LogP contribution in [0, 0.1) is 11.2 Å². The lowest BCUT2D eigenvalue weighted by Gasteiger charge is -2.43. The quantitative estimate of drug-likeness (QED) is 0.870. The van der Waals surface area contributed by atoms with Crippen LogP contribution in [0.3, 0.4) is 0 Å². The Balaban J connectivity index is 1.50. The number of amides is 1. The zero-order valence-electron chi connectivity index (χ0n) is 12.3. The number of nitrogens with zero attached hydrogens (tertiary/aromatic N) is 3. The number of hydrogen-bond acceptors (Lipinski definition) is 2. The number of rotatable bonds is 4. The van der Waals surface area contributed by atoms with Crippen molar-refractivity contribution in [1.29, 1.82) is 0 Å². The van der Waals surface area contributed by atoms with E-state index in [1.165, 1.54) is 12.1 Å². The number of likely N-dealkylation sites (tertiary alicyclic amines) is 1. The van der Waals surface area contributed by atoms with E-state index in [9.17, 15) is 9.18 Å². The van der Waals surface area contributed by atoms with Gasteiger partial charge in [0, 0.05) is 18.9 Å². The molecule has 1 saturated heterocycles. The molecule has 0 radical (unpaired) electrons. The van der Waals surface area contributed by atoms with Gasteiger partial charge < -0.3 is 4.90 Å². The SMILES string of the molecule is O=C(N1CC[C@H]1c1ccc(F)cc1)C1(Cn2cccn2)CC1. The van der Waals surface area contributed by atoms with Gasteiger partial charge in [0.1, 0.15) is 5.82 Å². The highest BCUT2D eigenvalue weighted by atomic mass is 19.1. The highest BCUT2D eigenvalue weighted by Gasteiger charge is 2.54. The topological polar surface area (TPSA) is 38.1 Å². The van der Waals surface area contributed by atoms with Gasteiger partial charge in [-0.15, -0.1) is 0 Å². The first kappa shape index (κ1) is 13.5. The van der Waals surface area contributed by atoms with Gasteiger partial charge in [-0.25, -0.2) is 4.39 Å². The first-order chi connectivity index (χ1) is 10.7. The van der Waals surface area contributed by atoms with Crippen LogP contribution in [0.15, 0.2) is 42.7 Å². The maximum Gasteiger partial charge on any atom is 0.231 e. The summed E-state index contributed by atoms with van der Waals surface area (Å²) in [7, 11) is 0. The van der Waals surface area contributed by atoms with Crippen molar-refractivity contribution in [2.75, 3.05) is 6.54 Å². The maximum atomic E-state index is 13.0. The minimum Gasteiger partial charge on any atom is -0.335 e. The molecule has 4 rings (SSSR count). The van der Waals surface area contributed by atoms with E-state index in [0.29, 0.717) is 6.54 Å². The largest absolute Gasteiger partial charge is 0.335 e. The molecule has 0 unspecified atom stereocenters. The normalized spacial score (nSPS) is 22.2. The van der Waals surface area contributed by atoms with Gasteiger partial charge in [0.25, 0.3) is 0 Å². The monoisotopic (exact) mass is 299 g/mol. The summed E-state index contributed by atoms with van der Waals surface area (Å²) in [5.74, 6) is -0.0122. The fourth-order valence-electron chi connectivity index (χ4n) is 3.26. The molecule has 2 aliphatic rings. The van der Waals surface area contributed by atoms with Gasteiger partial charge >= 0.3 is 0 Å². The predicted molar refractivity (Wildman–Crippen MR) is 79.4 cm³/mol. The summed E-state index contributed by atoms with van der Waals surface area (Å²) in [6.07, 6.45) is 6.46. The van der Waals surface area contributed by atoms with Gasteiger partial charge in [0.05, 0.1) is 18.0 Å². The van der Waals surface area contributed by atoms with Crippen molar-refractivity contribution in [3.8, 4) is 0 Å². The van der Waals surface area contributed by atoms with Gasteiger partial charge in [-0.05, 0) is 43.0 Å². The number of aromatic nitrogens is 2. The Bertz CT molecular complexity index is 676. The Kier molecular flexibility index (Phi) is 3.03. The van der Waals surface area contributed by atoms with E-state index in [1.807, 2.05) is 21.8 Å². The molecule has 1 amide bonds. The third-order valence-electron chi connectivity index (χ3n) is 4.87. The summed E-state index contributed by atoms with van der Waals surface area (Å²) in [5, 5.41) is 4.22. The van der Waals surface area contributed by atoms with Crippen molar-refractivity contribution < 1.29 is 9.18 Å². The van der Waals surface area contributed by atoms with Crippen molar-refractivity contribution in [3.05, 3.63) is 54.1 Å². The van der Waals surface area contributed by atoms with Crippen LogP contribution < -0.4 is 0 Å². The molecule has 0 N–H and O–H groups in total. The van der Waals surface area contributed by atoms with Crippen molar-refractivity contribution in [2.24, 2.45) is 5.41 Å². The van der Waals surface area contributed by atoms with Gasteiger partial charge in [0.15, 0.2) is 0 Å². The van der Waals surface area contributed by atoms with Crippen LogP contribution in [0.25, 0.3) is 0 Å². The molecule has 1 aromatic heterocycles. The molecule has 22 heavy (non-hydrogen) atoms. The second-order valence-corrected chi connectivity index (χ2v) is 6.34. The third-order valence-corrected chi connectivity index (χ3v) is 4.87. The van der Waals surface area contributed by atoms with E-state index in [-0.39, 0.29) is 23.2 Å². The molecule has 5 heteroatoms. The van der Waals surface area contributed by atoms with E-state index in [2.05, 4.69) is 5.10 Å². The number of halogens is 1. The zero-order chi connectivity index (χ0) is 15.2. The van der Waals surface area contributed by atoms with Crippen molar-refractivity contribution in [1.82, 2.24) is 14.7 Å². The molecule has 1 saturated carbocycles. The second kappa shape index (κ2) is 4.93. The molecule has 0 bridgehead atoms. The minimum atomic E-state index is -0.273. The first-order valence-corrected chi connectivity index (χ1v) is 7.72. The van der Waals surface area contributed by atoms with Crippen LogP contribution in [0.5, 0.6) is 0 Å². The Hall–Kier alpha value is -2.17. The molecular weight excluding hydrogens is 281 g/mol. The highest BCUT2D eigenvalue weighted by Crippen LogP contribution is 2.51. The van der Waals surface area contributed by atoms with E-state index in [1.54, 1.807) is 18.3 Å². The summed E-state index contributed by atoms with van der Waals surface area (Å²) in [5.41, 5.74) is 0.751. The molecule has 1 atom stereocenters. The van der Waals surface area contributed by atoms with E-state index in [0.717, 1.165) is 31.4 Å². The molecule has 2 heterocycles. The van der Waals surface area contributed by atoms with Gasteiger partial charge in [-0.1, -0.05) is 12.1 Å². The lowest BCUT2D eigenvalue weighted by Crippen LogP contribution is -2.49. The van der Waals surface area contributed by atoms with Gasteiger partial charge in [-0.2, -0.15) is 5.10 Å². The molecule has 2 fully saturated rings. The Morgan fingerprint density at radius 2 is 2.09 bits per heavy atom. The number of carbonyl (C=O) groups is 1. The molecule has 0 spiro atoms. The van der Waals surface area contributed by atoms with Crippen molar-refractivity contribution >= 4 is 5.91 Å². The molecule has 114 valence electrons. The molecule has 2 aromatic rings. The molecule has 1 aliphatic carbocycles. The summed E-state index contributed by atoms with van der Waals surface area (Å²) in [4.78, 5) is 14.8. The van der Waals surface area contributed by atoms with Crippen LogP contribution in [0.1, 0.15) is 30.9 Å². The van der Waals surface area contributed by atoms with Gasteiger partial charge in [0.2, 0.25) is 5.91 Å². The standard InChI is InChI=1S/C17H18FN3O/c18-14-4-2-13(3-5-14)15-6-11-21(15)16(22)17(7-8-17)12-20-10-1-9-19-20/h1-5,9-10,15H,6-8,11-12H2/t15-/m0/s1. The predicted octanol–water partition coefficient (Wildman–Crippen LogP) is 2.78. The van der Waals surface area contributed by atoms with Crippen LogP contribution in [0.2, 0.25) is 0 Å². The number of carbonyl (C=O) groups excluding carboxylic acids is 1. The Morgan fingerprint density at radius 3 is 2.64 bits per heavy atom. The van der Waals surface area contributed by atoms with Crippen molar-refractivity contribution in [2.45, 2.75) is 31.8 Å². The van der Waals surface area contributed by atoms with Crippen LogP contribution >= 0.6 is 0 Å². The smallest absolute Gasteiger partial charge is 0.231 e. The summed E-state index contributed by atoms with van der Waals surface area (Å²) in [6, 6.07) is 8.48. The second-order valence-electron chi connectivity index (χ2n) is 6.34. The molecule has 4 nitrogen and oxygen atoms in total.